The highest BCUT2D eigenvalue weighted by atomic mass is 32.2. The topological polar surface area (TPSA) is 51.8 Å². The highest BCUT2D eigenvalue weighted by Crippen LogP contribution is 2.30. The molecule has 0 aliphatic heterocycles. The molecule has 2 rings (SSSR count). The highest BCUT2D eigenvalue weighted by Gasteiger charge is 2.12. The number of aromatic nitrogens is 2. The summed E-state index contributed by atoms with van der Waals surface area (Å²) in [5.41, 5.74) is 6.66. The summed E-state index contributed by atoms with van der Waals surface area (Å²) in [6.07, 6.45) is 3.91. The van der Waals surface area contributed by atoms with E-state index >= 15 is 0 Å². The van der Waals surface area contributed by atoms with E-state index in [0.717, 1.165) is 5.56 Å². The van der Waals surface area contributed by atoms with Crippen LogP contribution in [-0.2, 0) is 6.42 Å². The molecule has 2 N–H and O–H groups in total. The van der Waals surface area contributed by atoms with Crippen LogP contribution in [0.4, 0.5) is 4.39 Å². The van der Waals surface area contributed by atoms with Crippen LogP contribution in [0.5, 0.6) is 0 Å². The van der Waals surface area contributed by atoms with Crippen molar-refractivity contribution in [2.75, 3.05) is 0 Å². The van der Waals surface area contributed by atoms with Crippen LogP contribution < -0.4 is 5.73 Å². The second kappa shape index (κ2) is 5.93. The first kappa shape index (κ1) is 13.0. The Morgan fingerprint density at radius 1 is 1.28 bits per heavy atom. The van der Waals surface area contributed by atoms with E-state index in [1.807, 2.05) is 13.0 Å². The largest absolute Gasteiger partial charge is 0.328 e. The summed E-state index contributed by atoms with van der Waals surface area (Å²) in [5, 5.41) is 0.536. The average Bonchev–Trinajstić information content (AvgIpc) is 2.34. The second-order valence-electron chi connectivity index (χ2n) is 4.04. The average molecular weight is 263 g/mol. The Morgan fingerprint density at radius 2 is 2.00 bits per heavy atom. The zero-order valence-corrected chi connectivity index (χ0v) is 10.8. The molecule has 1 atom stereocenters. The van der Waals surface area contributed by atoms with Gasteiger partial charge in [-0.05, 0) is 42.8 Å². The van der Waals surface area contributed by atoms with Crippen LogP contribution >= 0.6 is 11.8 Å². The Kier molecular flexibility index (Phi) is 4.28. The number of nitrogens with two attached hydrogens (primary N) is 1. The second-order valence-corrected chi connectivity index (χ2v) is 5.02. The lowest BCUT2D eigenvalue weighted by Crippen LogP contribution is -2.18. The summed E-state index contributed by atoms with van der Waals surface area (Å²) in [5.74, 6) is -0.259. The molecular formula is C13H14FN3S. The molecule has 0 bridgehead atoms. The van der Waals surface area contributed by atoms with Gasteiger partial charge in [0.05, 0.1) is 4.90 Å². The van der Waals surface area contributed by atoms with Gasteiger partial charge in [0.15, 0.2) is 5.16 Å². The minimum atomic E-state index is -0.259. The quantitative estimate of drug-likeness (QED) is 0.862. The lowest BCUT2D eigenvalue weighted by atomic mass is 10.1. The third-order valence-corrected chi connectivity index (χ3v) is 3.38. The van der Waals surface area contributed by atoms with Gasteiger partial charge in [-0.1, -0.05) is 12.1 Å². The highest BCUT2D eigenvalue weighted by molar-refractivity contribution is 7.99. The lowest BCUT2D eigenvalue weighted by molar-refractivity contribution is 0.592. The van der Waals surface area contributed by atoms with Crippen molar-refractivity contribution in [3.8, 4) is 0 Å². The standard InChI is InChI=1S/C13H14FN3S/c1-9(15)8-10-4-2-5-11(14)12(10)18-13-16-6-3-7-17-13/h2-7,9H,8,15H2,1H3. The molecule has 2 aromatic rings. The third-order valence-electron chi connectivity index (χ3n) is 2.33. The summed E-state index contributed by atoms with van der Waals surface area (Å²) < 4.78 is 13.9. The Balaban J connectivity index is 2.31. The minimum Gasteiger partial charge on any atom is -0.328 e. The fourth-order valence-electron chi connectivity index (χ4n) is 1.60. The van der Waals surface area contributed by atoms with Crippen LogP contribution in [0.1, 0.15) is 12.5 Å². The normalized spacial score (nSPS) is 12.4. The molecule has 0 spiro atoms. The monoisotopic (exact) mass is 263 g/mol. The predicted octanol–water partition coefficient (Wildman–Crippen LogP) is 2.66. The number of nitrogens with zero attached hydrogens (tertiary/aromatic N) is 2. The summed E-state index contributed by atoms with van der Waals surface area (Å²) in [7, 11) is 0. The number of hydrogen-bond acceptors (Lipinski definition) is 4. The van der Waals surface area contributed by atoms with E-state index in [1.165, 1.54) is 17.8 Å². The first-order valence-electron chi connectivity index (χ1n) is 5.64. The molecule has 1 heterocycles. The fraction of sp³-hybridized carbons (Fsp3) is 0.231. The van der Waals surface area contributed by atoms with Gasteiger partial charge in [-0.2, -0.15) is 0 Å². The number of hydrogen-bond donors (Lipinski definition) is 1. The van der Waals surface area contributed by atoms with Gasteiger partial charge in [0.1, 0.15) is 5.82 Å². The van der Waals surface area contributed by atoms with E-state index in [9.17, 15) is 4.39 Å². The summed E-state index contributed by atoms with van der Waals surface area (Å²) in [4.78, 5) is 8.74. The first-order chi connectivity index (χ1) is 8.66. The van der Waals surface area contributed by atoms with Crippen molar-refractivity contribution in [2.24, 2.45) is 5.73 Å². The van der Waals surface area contributed by atoms with Gasteiger partial charge in [-0.15, -0.1) is 0 Å². The fourth-order valence-corrected chi connectivity index (χ4v) is 2.46. The number of halogens is 1. The SMILES string of the molecule is CC(N)Cc1cccc(F)c1Sc1ncccn1. The number of benzene rings is 1. The maximum atomic E-state index is 13.9. The molecule has 0 aliphatic carbocycles. The molecular weight excluding hydrogens is 249 g/mol. The van der Waals surface area contributed by atoms with Gasteiger partial charge in [0, 0.05) is 18.4 Å². The lowest BCUT2D eigenvalue weighted by Gasteiger charge is -2.11. The van der Waals surface area contributed by atoms with Gasteiger partial charge in [0.2, 0.25) is 0 Å². The van der Waals surface area contributed by atoms with Crippen LogP contribution in [-0.4, -0.2) is 16.0 Å². The van der Waals surface area contributed by atoms with Crippen molar-refractivity contribution in [1.82, 2.24) is 9.97 Å². The first-order valence-corrected chi connectivity index (χ1v) is 6.46. The molecule has 0 aliphatic rings. The molecule has 3 nitrogen and oxygen atoms in total. The van der Waals surface area contributed by atoms with Crippen molar-refractivity contribution < 1.29 is 4.39 Å². The van der Waals surface area contributed by atoms with Crippen LogP contribution in [0.2, 0.25) is 0 Å². The van der Waals surface area contributed by atoms with Crippen LogP contribution in [0.25, 0.3) is 0 Å². The Bertz CT molecular complexity index is 517. The van der Waals surface area contributed by atoms with E-state index in [4.69, 9.17) is 5.73 Å². The Labute approximate surface area is 110 Å². The van der Waals surface area contributed by atoms with E-state index in [0.29, 0.717) is 16.5 Å². The smallest absolute Gasteiger partial charge is 0.192 e. The van der Waals surface area contributed by atoms with Crippen LogP contribution in [0.15, 0.2) is 46.7 Å². The molecule has 1 aromatic carbocycles. The molecule has 1 unspecified atom stereocenters. The molecule has 0 saturated carbocycles. The molecule has 0 amide bonds. The Morgan fingerprint density at radius 3 is 2.67 bits per heavy atom. The van der Waals surface area contributed by atoms with Gasteiger partial charge in [-0.25, -0.2) is 14.4 Å². The van der Waals surface area contributed by atoms with Crippen LogP contribution in [0, 0.1) is 5.82 Å². The van der Waals surface area contributed by atoms with Gasteiger partial charge < -0.3 is 5.73 Å². The van der Waals surface area contributed by atoms with Crippen molar-refractivity contribution >= 4 is 11.8 Å². The zero-order valence-electron chi connectivity index (χ0n) is 10.0. The van der Waals surface area contributed by atoms with Crippen molar-refractivity contribution in [3.63, 3.8) is 0 Å². The third kappa shape index (κ3) is 3.27. The van der Waals surface area contributed by atoms with E-state index in [2.05, 4.69) is 9.97 Å². The van der Waals surface area contributed by atoms with Gasteiger partial charge in [0.25, 0.3) is 0 Å². The minimum absolute atomic E-state index is 0.0113. The van der Waals surface area contributed by atoms with Gasteiger partial charge in [-0.3, -0.25) is 0 Å². The summed E-state index contributed by atoms with van der Waals surface area (Å²) in [6.45, 7) is 1.90. The van der Waals surface area contributed by atoms with Crippen molar-refractivity contribution in [3.05, 3.63) is 48.0 Å². The van der Waals surface area contributed by atoms with E-state index < -0.39 is 0 Å². The maximum Gasteiger partial charge on any atom is 0.192 e. The predicted molar refractivity (Wildman–Crippen MR) is 69.9 cm³/mol. The molecule has 1 aromatic heterocycles. The summed E-state index contributed by atoms with van der Waals surface area (Å²) >= 11 is 1.23. The molecule has 0 fully saturated rings. The van der Waals surface area contributed by atoms with E-state index in [-0.39, 0.29) is 11.9 Å². The Hall–Kier alpha value is -1.46. The molecule has 0 saturated heterocycles. The van der Waals surface area contributed by atoms with Crippen LogP contribution in [0.3, 0.4) is 0 Å². The molecule has 5 heteroatoms. The van der Waals surface area contributed by atoms with Crippen molar-refractivity contribution in [2.45, 2.75) is 29.4 Å². The van der Waals surface area contributed by atoms with Gasteiger partial charge >= 0.3 is 0 Å². The maximum absolute atomic E-state index is 13.9. The van der Waals surface area contributed by atoms with Crippen molar-refractivity contribution in [1.29, 1.82) is 0 Å². The summed E-state index contributed by atoms with van der Waals surface area (Å²) in [6, 6.07) is 6.74. The molecule has 0 radical (unpaired) electrons. The molecule has 18 heavy (non-hydrogen) atoms. The molecule has 94 valence electrons. The van der Waals surface area contributed by atoms with E-state index in [1.54, 1.807) is 24.5 Å². The number of rotatable bonds is 4. The zero-order chi connectivity index (χ0) is 13.0.